The Morgan fingerprint density at radius 3 is 2.65 bits per heavy atom. The second-order valence-corrected chi connectivity index (χ2v) is 4.33. The van der Waals surface area contributed by atoms with Crippen LogP contribution >= 0.6 is 0 Å². The number of nitro groups is 1. The second-order valence-electron chi connectivity index (χ2n) is 4.33. The lowest BCUT2D eigenvalue weighted by atomic mass is 10.2. The number of rotatable bonds is 6. The van der Waals surface area contributed by atoms with Gasteiger partial charge in [0.1, 0.15) is 0 Å². The molecule has 0 amide bonds. The maximum atomic E-state index is 10.7. The highest BCUT2D eigenvalue weighted by Crippen LogP contribution is 2.32. The van der Waals surface area contributed by atoms with Gasteiger partial charge in [-0.15, -0.1) is 0 Å². The van der Waals surface area contributed by atoms with E-state index in [1.807, 2.05) is 0 Å². The van der Waals surface area contributed by atoms with E-state index >= 15 is 0 Å². The summed E-state index contributed by atoms with van der Waals surface area (Å²) in [5, 5.41) is 13.9. The fourth-order valence-electron chi connectivity index (χ4n) is 1.73. The van der Waals surface area contributed by atoms with Gasteiger partial charge in [-0.05, 0) is 18.4 Å². The molecule has 1 aliphatic rings. The molecule has 0 spiro atoms. The monoisotopic (exact) mass is 236 g/mol. The Labute approximate surface area is 99.3 Å². The van der Waals surface area contributed by atoms with Gasteiger partial charge in [0.05, 0.1) is 10.6 Å². The number of nitro benzene ring substituents is 1. The molecular formula is C11H16N4O2. The summed E-state index contributed by atoms with van der Waals surface area (Å²) in [6.45, 7) is 0.843. The van der Waals surface area contributed by atoms with E-state index in [1.54, 1.807) is 6.07 Å². The molecule has 0 atom stereocenters. The van der Waals surface area contributed by atoms with Gasteiger partial charge in [-0.25, -0.2) is 0 Å². The first-order chi connectivity index (χ1) is 8.19. The van der Waals surface area contributed by atoms with Crippen LogP contribution in [0.15, 0.2) is 18.2 Å². The summed E-state index contributed by atoms with van der Waals surface area (Å²) in [5.41, 5.74) is 3.73. The largest absolute Gasteiger partial charge is 0.385 e. The first-order valence-electron chi connectivity index (χ1n) is 5.69. The summed E-state index contributed by atoms with van der Waals surface area (Å²) in [6.07, 6.45) is 3.74. The zero-order valence-electron chi connectivity index (χ0n) is 9.48. The van der Waals surface area contributed by atoms with E-state index in [9.17, 15) is 10.1 Å². The van der Waals surface area contributed by atoms with Gasteiger partial charge in [0, 0.05) is 24.4 Å². The van der Waals surface area contributed by atoms with Crippen LogP contribution in [0, 0.1) is 16.0 Å². The number of nitrogen functional groups attached to an aromatic ring is 1. The van der Waals surface area contributed by atoms with Crippen molar-refractivity contribution >= 4 is 17.1 Å². The maximum Gasteiger partial charge on any atom is 0.273 e. The van der Waals surface area contributed by atoms with Crippen molar-refractivity contribution in [2.45, 2.75) is 19.3 Å². The van der Waals surface area contributed by atoms with Crippen molar-refractivity contribution < 1.29 is 4.92 Å². The lowest BCUT2D eigenvalue weighted by molar-refractivity contribution is -0.384. The fraction of sp³-hybridized carbons (Fsp3) is 0.455. The SMILES string of the molecule is NNc1cc(NCCC2CC2)cc([N+](=O)[O-])c1. The number of anilines is 2. The molecule has 1 saturated carbocycles. The predicted molar refractivity (Wildman–Crippen MR) is 66.7 cm³/mol. The van der Waals surface area contributed by atoms with Crippen LogP contribution in [0.5, 0.6) is 0 Å². The molecule has 0 unspecified atom stereocenters. The van der Waals surface area contributed by atoms with Crippen LogP contribution in [0.25, 0.3) is 0 Å². The summed E-state index contributed by atoms with van der Waals surface area (Å²) in [7, 11) is 0. The molecule has 92 valence electrons. The highest BCUT2D eigenvalue weighted by molar-refractivity contribution is 5.63. The standard InChI is InChI=1S/C11H16N4O2/c12-14-10-5-9(6-11(7-10)15(16)17)13-4-3-8-1-2-8/h5-8,13-14H,1-4,12H2. The number of nitrogens with zero attached hydrogens (tertiary/aromatic N) is 1. The molecule has 0 saturated heterocycles. The summed E-state index contributed by atoms with van der Waals surface area (Å²) >= 11 is 0. The summed E-state index contributed by atoms with van der Waals surface area (Å²) in [4.78, 5) is 10.3. The van der Waals surface area contributed by atoms with Gasteiger partial charge in [0.15, 0.2) is 0 Å². The Morgan fingerprint density at radius 2 is 2.06 bits per heavy atom. The average Bonchev–Trinajstić information content (AvgIpc) is 3.12. The first-order valence-corrected chi connectivity index (χ1v) is 5.69. The van der Waals surface area contributed by atoms with Crippen molar-refractivity contribution in [3.8, 4) is 0 Å². The Kier molecular flexibility index (Phi) is 3.43. The number of nitrogens with two attached hydrogens (primary N) is 1. The number of hydrazine groups is 1. The topological polar surface area (TPSA) is 93.2 Å². The van der Waals surface area contributed by atoms with Gasteiger partial charge >= 0.3 is 0 Å². The molecule has 6 nitrogen and oxygen atoms in total. The number of hydrogen-bond donors (Lipinski definition) is 3. The molecule has 0 bridgehead atoms. The van der Waals surface area contributed by atoms with Crippen LogP contribution in [0.3, 0.4) is 0 Å². The van der Waals surface area contributed by atoms with Crippen molar-refractivity contribution in [2.24, 2.45) is 11.8 Å². The van der Waals surface area contributed by atoms with E-state index in [-0.39, 0.29) is 5.69 Å². The van der Waals surface area contributed by atoms with Gasteiger partial charge in [-0.3, -0.25) is 16.0 Å². The van der Waals surface area contributed by atoms with E-state index in [4.69, 9.17) is 5.84 Å². The molecule has 0 aliphatic heterocycles. The molecule has 2 rings (SSSR count). The van der Waals surface area contributed by atoms with Gasteiger partial charge in [0.2, 0.25) is 0 Å². The van der Waals surface area contributed by atoms with Crippen molar-refractivity contribution in [3.63, 3.8) is 0 Å². The van der Waals surface area contributed by atoms with Crippen LogP contribution in [0.4, 0.5) is 17.1 Å². The van der Waals surface area contributed by atoms with Crippen LogP contribution in [-0.4, -0.2) is 11.5 Å². The molecule has 1 aromatic carbocycles. The third-order valence-electron chi connectivity index (χ3n) is 2.87. The van der Waals surface area contributed by atoms with Crippen molar-refractivity contribution in [1.29, 1.82) is 0 Å². The Balaban J connectivity index is 2.02. The lowest BCUT2D eigenvalue weighted by Crippen LogP contribution is -2.08. The minimum Gasteiger partial charge on any atom is -0.385 e. The molecule has 1 fully saturated rings. The van der Waals surface area contributed by atoms with E-state index < -0.39 is 4.92 Å². The van der Waals surface area contributed by atoms with E-state index in [1.165, 1.54) is 25.0 Å². The van der Waals surface area contributed by atoms with E-state index in [2.05, 4.69) is 10.7 Å². The molecule has 1 aliphatic carbocycles. The van der Waals surface area contributed by atoms with Crippen LogP contribution in [-0.2, 0) is 0 Å². The molecule has 0 heterocycles. The second kappa shape index (κ2) is 5.01. The number of nitrogens with one attached hydrogen (secondary N) is 2. The molecular weight excluding hydrogens is 220 g/mol. The first kappa shape index (κ1) is 11.7. The molecule has 17 heavy (non-hydrogen) atoms. The normalized spacial score (nSPS) is 14.4. The fourth-order valence-corrected chi connectivity index (χ4v) is 1.73. The quantitative estimate of drug-likeness (QED) is 0.399. The minimum atomic E-state index is -0.424. The highest BCUT2D eigenvalue weighted by atomic mass is 16.6. The third-order valence-corrected chi connectivity index (χ3v) is 2.87. The van der Waals surface area contributed by atoms with Gasteiger partial charge in [0.25, 0.3) is 5.69 Å². The van der Waals surface area contributed by atoms with Crippen LogP contribution < -0.4 is 16.6 Å². The van der Waals surface area contributed by atoms with Gasteiger partial charge in [-0.2, -0.15) is 0 Å². The number of non-ortho nitro benzene ring substituents is 1. The van der Waals surface area contributed by atoms with Crippen LogP contribution in [0.2, 0.25) is 0 Å². The molecule has 1 aromatic rings. The Bertz CT molecular complexity index is 418. The van der Waals surface area contributed by atoms with Crippen molar-refractivity contribution in [2.75, 3.05) is 17.3 Å². The van der Waals surface area contributed by atoms with E-state index in [0.29, 0.717) is 5.69 Å². The van der Waals surface area contributed by atoms with Gasteiger partial charge in [-0.1, -0.05) is 12.8 Å². The molecule has 0 aromatic heterocycles. The zero-order chi connectivity index (χ0) is 12.3. The zero-order valence-corrected chi connectivity index (χ0v) is 9.48. The number of hydrogen-bond acceptors (Lipinski definition) is 5. The highest BCUT2D eigenvalue weighted by Gasteiger charge is 2.20. The summed E-state index contributed by atoms with van der Waals surface area (Å²) in [6, 6.07) is 4.69. The molecule has 4 N–H and O–H groups in total. The predicted octanol–water partition coefficient (Wildman–Crippen LogP) is 2.09. The summed E-state index contributed by atoms with van der Waals surface area (Å²) < 4.78 is 0. The lowest BCUT2D eigenvalue weighted by Gasteiger charge is -2.08. The third kappa shape index (κ3) is 3.32. The van der Waals surface area contributed by atoms with Gasteiger partial charge < -0.3 is 10.7 Å². The summed E-state index contributed by atoms with van der Waals surface area (Å²) in [5.74, 6) is 6.12. The molecule has 6 heteroatoms. The minimum absolute atomic E-state index is 0.0365. The maximum absolute atomic E-state index is 10.7. The van der Waals surface area contributed by atoms with Crippen molar-refractivity contribution in [1.82, 2.24) is 0 Å². The molecule has 0 radical (unpaired) electrons. The van der Waals surface area contributed by atoms with Crippen LogP contribution in [0.1, 0.15) is 19.3 Å². The Morgan fingerprint density at radius 1 is 1.35 bits per heavy atom. The van der Waals surface area contributed by atoms with E-state index in [0.717, 1.165) is 24.6 Å². The Hall–Kier alpha value is -1.82. The number of benzene rings is 1. The van der Waals surface area contributed by atoms with Crippen molar-refractivity contribution in [3.05, 3.63) is 28.3 Å². The average molecular weight is 236 g/mol. The smallest absolute Gasteiger partial charge is 0.273 e.